The number of nitrogens with zero attached hydrogens (tertiary/aromatic N) is 2. The van der Waals surface area contributed by atoms with Gasteiger partial charge in [0, 0.05) is 32.0 Å². The van der Waals surface area contributed by atoms with Gasteiger partial charge in [-0.2, -0.15) is 0 Å². The minimum absolute atomic E-state index is 0.0389. The summed E-state index contributed by atoms with van der Waals surface area (Å²) in [6.45, 7) is 13.2. The molecule has 4 aromatic rings. The van der Waals surface area contributed by atoms with E-state index in [-0.39, 0.29) is 23.1 Å². The molecule has 1 aromatic heterocycles. The highest BCUT2D eigenvalue weighted by molar-refractivity contribution is 6.74. The second kappa shape index (κ2) is 11.7. The molecule has 1 unspecified atom stereocenters. The van der Waals surface area contributed by atoms with Crippen LogP contribution in [-0.4, -0.2) is 50.5 Å². The summed E-state index contributed by atoms with van der Waals surface area (Å²) >= 11 is 0. The van der Waals surface area contributed by atoms with Gasteiger partial charge in [0.05, 0.1) is 6.20 Å². The smallest absolute Gasteiger partial charge is 0.409 e. The maximum atomic E-state index is 13.2. The first kappa shape index (κ1) is 29.2. The molecule has 0 saturated carbocycles. The van der Waals surface area contributed by atoms with Crippen LogP contribution in [0.25, 0.3) is 11.1 Å². The van der Waals surface area contributed by atoms with E-state index in [0.29, 0.717) is 38.6 Å². The number of amides is 1. The molecule has 1 saturated heterocycles. The maximum absolute atomic E-state index is 13.2. The van der Waals surface area contributed by atoms with E-state index in [0.717, 1.165) is 17.1 Å². The average Bonchev–Trinajstić information content (AvgIpc) is 3.59. The first-order chi connectivity index (χ1) is 20.6. The highest BCUT2D eigenvalue weighted by Crippen LogP contribution is 2.44. The summed E-state index contributed by atoms with van der Waals surface area (Å²) in [7, 11) is -1.88. The number of ether oxygens (including phenoxy) is 1. The summed E-state index contributed by atoms with van der Waals surface area (Å²) in [4.78, 5) is 19.5. The van der Waals surface area contributed by atoms with E-state index in [1.165, 1.54) is 22.3 Å². The standard InChI is InChI=1S/C35H41N3O4Si/c1-35(2,3)43(4,5)42-25-16-14-24(15-17-25)20-26-21-37-33(41-26)32-22-38(19-18-36-32)34(39)40-23-31-29-12-8-6-10-27(29)28-11-7-9-13-30(28)31/h6-17,21,31-32,36H,18-20,22-23H2,1-5H3. The van der Waals surface area contributed by atoms with Gasteiger partial charge in [0.15, 0.2) is 0 Å². The van der Waals surface area contributed by atoms with Gasteiger partial charge in [-0.15, -0.1) is 0 Å². The lowest BCUT2D eigenvalue weighted by Crippen LogP contribution is -2.48. The number of hydrogen-bond acceptors (Lipinski definition) is 6. The van der Waals surface area contributed by atoms with Crippen LogP contribution < -0.4 is 9.74 Å². The van der Waals surface area contributed by atoms with E-state index in [2.05, 4.69) is 92.7 Å². The molecule has 0 spiro atoms. The van der Waals surface area contributed by atoms with Crippen molar-refractivity contribution in [2.45, 2.75) is 57.3 Å². The first-order valence-electron chi connectivity index (χ1n) is 15.1. The molecule has 1 aliphatic carbocycles. The average molecular weight is 596 g/mol. The van der Waals surface area contributed by atoms with Crippen molar-refractivity contribution in [3.63, 3.8) is 0 Å². The number of benzene rings is 3. The zero-order valence-corrected chi connectivity index (χ0v) is 26.7. The second-order valence-corrected chi connectivity index (χ2v) is 17.8. The third-order valence-electron chi connectivity index (χ3n) is 9.12. The number of hydrogen-bond donors (Lipinski definition) is 1. The lowest BCUT2D eigenvalue weighted by molar-refractivity contribution is 0.0858. The number of oxazole rings is 1. The SMILES string of the molecule is CC(C)(C)[Si](C)(C)Oc1ccc(Cc2cnc(C3CN(C(=O)OCC4c5ccccc5-c5ccccc54)CCN3)o2)cc1. The molecule has 1 atom stereocenters. The lowest BCUT2D eigenvalue weighted by Gasteiger charge is -2.36. The minimum atomic E-state index is -1.88. The van der Waals surface area contributed by atoms with E-state index >= 15 is 0 Å². The Labute approximate surface area is 255 Å². The summed E-state index contributed by atoms with van der Waals surface area (Å²) in [5.74, 6) is 2.32. The van der Waals surface area contributed by atoms with E-state index in [1.807, 2.05) is 24.3 Å². The Balaban J connectivity index is 1.05. The Morgan fingerprint density at radius 3 is 2.30 bits per heavy atom. The van der Waals surface area contributed by atoms with Crippen LogP contribution in [0.5, 0.6) is 5.75 Å². The number of carbonyl (C=O) groups is 1. The topological polar surface area (TPSA) is 76.8 Å². The van der Waals surface area contributed by atoms with Crippen LogP contribution >= 0.6 is 0 Å². The van der Waals surface area contributed by atoms with Gasteiger partial charge >= 0.3 is 6.09 Å². The Bertz CT molecular complexity index is 1550. The molecular weight excluding hydrogens is 554 g/mol. The van der Waals surface area contributed by atoms with Crippen LogP contribution in [-0.2, 0) is 11.2 Å². The van der Waals surface area contributed by atoms with Gasteiger partial charge in [-0.3, -0.25) is 0 Å². The van der Waals surface area contributed by atoms with Crippen molar-refractivity contribution in [2.75, 3.05) is 26.2 Å². The normalized spacial score (nSPS) is 17.0. The van der Waals surface area contributed by atoms with E-state index in [1.54, 1.807) is 11.1 Å². The fourth-order valence-electron chi connectivity index (χ4n) is 5.66. The van der Waals surface area contributed by atoms with Crippen LogP contribution in [0, 0.1) is 0 Å². The molecule has 1 amide bonds. The molecule has 0 bridgehead atoms. The molecule has 43 heavy (non-hydrogen) atoms. The predicted octanol–water partition coefficient (Wildman–Crippen LogP) is 7.54. The van der Waals surface area contributed by atoms with Crippen molar-refractivity contribution in [2.24, 2.45) is 0 Å². The summed E-state index contributed by atoms with van der Waals surface area (Å²) in [5.41, 5.74) is 5.98. The van der Waals surface area contributed by atoms with Gasteiger partial charge in [-0.05, 0) is 58.1 Å². The highest BCUT2D eigenvalue weighted by atomic mass is 28.4. The minimum Gasteiger partial charge on any atom is -0.544 e. The Kier molecular flexibility index (Phi) is 7.92. The molecular formula is C35H41N3O4Si. The van der Waals surface area contributed by atoms with Crippen molar-refractivity contribution in [1.82, 2.24) is 15.2 Å². The number of rotatable bonds is 7. The summed E-state index contributed by atoms with van der Waals surface area (Å²) < 4.78 is 18.5. The monoisotopic (exact) mass is 595 g/mol. The predicted molar refractivity (Wildman–Crippen MR) is 171 cm³/mol. The molecule has 7 nitrogen and oxygen atoms in total. The van der Waals surface area contributed by atoms with E-state index in [4.69, 9.17) is 13.6 Å². The Hall–Kier alpha value is -3.88. The van der Waals surface area contributed by atoms with Crippen molar-refractivity contribution >= 4 is 14.4 Å². The molecule has 1 fully saturated rings. The first-order valence-corrected chi connectivity index (χ1v) is 18.1. The fourth-order valence-corrected chi connectivity index (χ4v) is 6.69. The van der Waals surface area contributed by atoms with E-state index < -0.39 is 8.32 Å². The number of piperazine rings is 1. The molecule has 3 aromatic carbocycles. The number of nitrogens with one attached hydrogen (secondary N) is 1. The number of aromatic nitrogens is 1. The maximum Gasteiger partial charge on any atom is 0.409 e. The molecule has 2 heterocycles. The molecule has 224 valence electrons. The van der Waals surface area contributed by atoms with Gasteiger partial charge < -0.3 is 23.8 Å². The van der Waals surface area contributed by atoms with Gasteiger partial charge in [0.1, 0.15) is 24.2 Å². The van der Waals surface area contributed by atoms with Crippen molar-refractivity contribution in [3.05, 3.63) is 107 Å². The largest absolute Gasteiger partial charge is 0.544 e. The number of carbonyl (C=O) groups excluding carboxylic acids is 1. The van der Waals surface area contributed by atoms with Gasteiger partial charge in [-0.1, -0.05) is 81.4 Å². The second-order valence-electron chi connectivity index (χ2n) is 13.1. The Morgan fingerprint density at radius 2 is 1.65 bits per heavy atom. The van der Waals surface area contributed by atoms with Gasteiger partial charge in [0.25, 0.3) is 0 Å². The van der Waals surface area contributed by atoms with Crippen molar-refractivity contribution in [3.8, 4) is 16.9 Å². The molecule has 1 N–H and O–H groups in total. The molecule has 1 aliphatic heterocycles. The van der Waals surface area contributed by atoms with E-state index in [9.17, 15) is 4.79 Å². The molecule has 0 radical (unpaired) electrons. The van der Waals surface area contributed by atoms with Crippen LogP contribution in [0.2, 0.25) is 18.1 Å². The zero-order chi connectivity index (χ0) is 30.2. The van der Waals surface area contributed by atoms with Gasteiger partial charge in [-0.25, -0.2) is 9.78 Å². The third kappa shape index (κ3) is 6.12. The Morgan fingerprint density at radius 1 is 1.00 bits per heavy atom. The zero-order valence-electron chi connectivity index (χ0n) is 25.7. The van der Waals surface area contributed by atoms with Crippen molar-refractivity contribution < 1.29 is 18.4 Å². The molecule has 8 heteroatoms. The van der Waals surface area contributed by atoms with Gasteiger partial charge in [0.2, 0.25) is 14.2 Å². The summed E-state index contributed by atoms with van der Waals surface area (Å²) in [6.07, 6.45) is 2.11. The molecule has 6 rings (SSSR count). The summed E-state index contributed by atoms with van der Waals surface area (Å²) in [5, 5.41) is 3.59. The van der Waals surface area contributed by atoms with Crippen LogP contribution in [0.3, 0.4) is 0 Å². The molecule has 2 aliphatic rings. The quantitative estimate of drug-likeness (QED) is 0.222. The highest BCUT2D eigenvalue weighted by Gasteiger charge is 2.39. The summed E-state index contributed by atoms with van der Waals surface area (Å²) in [6, 6.07) is 24.8. The van der Waals surface area contributed by atoms with Crippen LogP contribution in [0.15, 0.2) is 83.4 Å². The van der Waals surface area contributed by atoms with Crippen molar-refractivity contribution in [1.29, 1.82) is 0 Å². The lowest BCUT2D eigenvalue weighted by atomic mass is 9.98. The number of fused-ring (bicyclic) bond motifs is 3. The third-order valence-corrected chi connectivity index (χ3v) is 13.5. The van der Waals surface area contributed by atoms with Crippen LogP contribution in [0.1, 0.15) is 61.1 Å². The fraction of sp³-hybridized carbons (Fsp3) is 0.371. The van der Waals surface area contributed by atoms with Crippen LogP contribution in [0.4, 0.5) is 4.79 Å².